The van der Waals surface area contributed by atoms with E-state index in [9.17, 15) is 14.7 Å². The molecule has 1 aromatic carbocycles. The summed E-state index contributed by atoms with van der Waals surface area (Å²) in [5.74, 6) is -1.58. The lowest BCUT2D eigenvalue weighted by atomic mass is 9.99. The molecule has 2 aromatic rings. The molecule has 0 spiro atoms. The fourth-order valence-electron chi connectivity index (χ4n) is 1.79. The number of hydrogen-bond donors (Lipinski definition) is 2. The van der Waals surface area contributed by atoms with Crippen molar-refractivity contribution in [2.24, 2.45) is 0 Å². The molecule has 0 saturated carbocycles. The highest BCUT2D eigenvalue weighted by molar-refractivity contribution is 7.21. The SMILES string of the molecule is CCC(C)(NC(=O)c1sc2cc(Cl)ccc2c1Cl)C(=O)O. The minimum atomic E-state index is -1.33. The molecule has 2 N–H and O–H groups in total. The first kappa shape index (κ1) is 16.1. The molecule has 1 amide bonds. The first-order valence-electron chi connectivity index (χ1n) is 6.22. The second kappa shape index (κ2) is 5.83. The molecule has 0 aliphatic heterocycles. The lowest BCUT2D eigenvalue weighted by Crippen LogP contribution is -2.51. The predicted octanol–water partition coefficient (Wildman–Crippen LogP) is 4.19. The minimum absolute atomic E-state index is 0.266. The van der Waals surface area contributed by atoms with Crippen LogP contribution in [0.5, 0.6) is 0 Å². The standard InChI is InChI=1S/C14H13Cl2NO3S/c1-3-14(2,13(19)20)17-12(18)11-10(16)8-5-4-7(15)6-9(8)21-11/h4-6H,3H2,1-2H3,(H,17,18)(H,19,20). The van der Waals surface area contributed by atoms with Crippen molar-refractivity contribution in [1.29, 1.82) is 0 Å². The fraction of sp³-hybridized carbons (Fsp3) is 0.286. The number of thiophene rings is 1. The Hall–Kier alpha value is -1.30. The number of rotatable bonds is 4. The Kier molecular flexibility index (Phi) is 4.46. The number of amides is 1. The van der Waals surface area contributed by atoms with Crippen molar-refractivity contribution in [3.05, 3.63) is 33.1 Å². The summed E-state index contributed by atoms with van der Waals surface area (Å²) in [6.07, 6.45) is 0.266. The van der Waals surface area contributed by atoms with Gasteiger partial charge in [0.05, 0.1) is 5.02 Å². The third kappa shape index (κ3) is 3.00. The smallest absolute Gasteiger partial charge is 0.329 e. The number of carboxylic acid groups (broad SMARTS) is 1. The van der Waals surface area contributed by atoms with Crippen LogP contribution in [0.3, 0.4) is 0 Å². The van der Waals surface area contributed by atoms with Gasteiger partial charge < -0.3 is 10.4 Å². The van der Waals surface area contributed by atoms with E-state index in [0.29, 0.717) is 10.0 Å². The van der Waals surface area contributed by atoms with Crippen LogP contribution in [-0.2, 0) is 4.79 Å². The van der Waals surface area contributed by atoms with Crippen LogP contribution in [0.25, 0.3) is 10.1 Å². The molecule has 1 unspecified atom stereocenters. The van der Waals surface area contributed by atoms with Crippen LogP contribution in [0.1, 0.15) is 29.9 Å². The lowest BCUT2D eigenvalue weighted by molar-refractivity contribution is -0.143. The summed E-state index contributed by atoms with van der Waals surface area (Å²) in [6.45, 7) is 3.16. The summed E-state index contributed by atoms with van der Waals surface area (Å²) in [5, 5.41) is 13.3. The molecule has 21 heavy (non-hydrogen) atoms. The monoisotopic (exact) mass is 345 g/mol. The summed E-state index contributed by atoms with van der Waals surface area (Å²) in [6, 6.07) is 5.15. The van der Waals surface area contributed by atoms with E-state index in [4.69, 9.17) is 23.2 Å². The molecule has 0 aliphatic rings. The topological polar surface area (TPSA) is 66.4 Å². The van der Waals surface area contributed by atoms with Gasteiger partial charge in [0.2, 0.25) is 0 Å². The molecule has 0 fully saturated rings. The second-order valence-electron chi connectivity index (χ2n) is 4.83. The third-order valence-corrected chi connectivity index (χ3v) is 5.26. The number of benzene rings is 1. The normalized spacial score (nSPS) is 13.9. The van der Waals surface area contributed by atoms with Crippen LogP contribution in [-0.4, -0.2) is 22.5 Å². The van der Waals surface area contributed by atoms with Crippen molar-refractivity contribution in [1.82, 2.24) is 5.32 Å². The van der Waals surface area contributed by atoms with E-state index >= 15 is 0 Å². The largest absolute Gasteiger partial charge is 0.480 e. The average Bonchev–Trinajstić information content (AvgIpc) is 2.75. The zero-order valence-electron chi connectivity index (χ0n) is 11.4. The van der Waals surface area contributed by atoms with E-state index in [0.717, 1.165) is 10.1 Å². The van der Waals surface area contributed by atoms with E-state index in [1.54, 1.807) is 25.1 Å². The van der Waals surface area contributed by atoms with E-state index in [1.807, 2.05) is 0 Å². The van der Waals surface area contributed by atoms with Crippen molar-refractivity contribution < 1.29 is 14.7 Å². The average molecular weight is 346 g/mol. The fourth-order valence-corrected chi connectivity index (χ4v) is 3.47. The van der Waals surface area contributed by atoms with Gasteiger partial charge in [0.15, 0.2) is 0 Å². The zero-order chi connectivity index (χ0) is 15.8. The van der Waals surface area contributed by atoms with Crippen molar-refractivity contribution in [2.75, 3.05) is 0 Å². The highest BCUT2D eigenvalue weighted by atomic mass is 35.5. The Morgan fingerprint density at radius 3 is 2.62 bits per heavy atom. The molecule has 0 saturated heterocycles. The van der Waals surface area contributed by atoms with Gasteiger partial charge in [-0.1, -0.05) is 36.2 Å². The van der Waals surface area contributed by atoms with Gasteiger partial charge in [-0.3, -0.25) is 4.79 Å². The first-order chi connectivity index (χ1) is 9.78. The van der Waals surface area contributed by atoms with Gasteiger partial charge in [-0.25, -0.2) is 4.79 Å². The molecule has 0 bridgehead atoms. The maximum atomic E-state index is 12.3. The van der Waals surface area contributed by atoms with Gasteiger partial charge in [-0.2, -0.15) is 0 Å². The first-order valence-corrected chi connectivity index (χ1v) is 7.79. The maximum Gasteiger partial charge on any atom is 0.329 e. The van der Waals surface area contributed by atoms with Crippen molar-refractivity contribution >= 4 is 56.5 Å². The maximum absolute atomic E-state index is 12.3. The van der Waals surface area contributed by atoms with E-state index in [2.05, 4.69) is 5.32 Å². The Morgan fingerprint density at radius 2 is 2.05 bits per heavy atom. The molecule has 1 heterocycles. The molecule has 7 heteroatoms. The van der Waals surface area contributed by atoms with Crippen LogP contribution < -0.4 is 5.32 Å². The molecule has 1 aromatic heterocycles. The second-order valence-corrected chi connectivity index (χ2v) is 6.70. The quantitative estimate of drug-likeness (QED) is 0.872. The number of carboxylic acids is 1. The summed E-state index contributed by atoms with van der Waals surface area (Å²) in [5.41, 5.74) is -1.33. The van der Waals surface area contributed by atoms with Gasteiger partial charge >= 0.3 is 5.97 Å². The Bertz CT molecular complexity index is 728. The van der Waals surface area contributed by atoms with Gasteiger partial charge in [-0.05, 0) is 25.5 Å². The van der Waals surface area contributed by atoms with Gasteiger partial charge in [0, 0.05) is 15.1 Å². The zero-order valence-corrected chi connectivity index (χ0v) is 13.7. The number of aliphatic carboxylic acids is 1. The number of carbonyl (C=O) groups excluding carboxylic acids is 1. The number of carbonyl (C=O) groups is 2. The Labute approximate surface area is 135 Å². The van der Waals surface area contributed by atoms with E-state index < -0.39 is 17.4 Å². The number of hydrogen-bond acceptors (Lipinski definition) is 3. The molecule has 2 rings (SSSR count). The molecule has 0 aliphatic carbocycles. The summed E-state index contributed by atoms with van der Waals surface area (Å²) < 4.78 is 0.783. The van der Waals surface area contributed by atoms with Gasteiger partial charge in [-0.15, -0.1) is 11.3 Å². The van der Waals surface area contributed by atoms with E-state index in [-0.39, 0.29) is 11.3 Å². The third-order valence-electron chi connectivity index (χ3n) is 3.37. The molecule has 0 radical (unpaired) electrons. The number of nitrogens with one attached hydrogen (secondary N) is 1. The predicted molar refractivity (Wildman–Crippen MR) is 85.6 cm³/mol. The molecular formula is C14H13Cl2NO3S. The summed E-state index contributed by atoms with van der Waals surface area (Å²) >= 11 is 13.3. The summed E-state index contributed by atoms with van der Waals surface area (Å²) in [7, 11) is 0. The van der Waals surface area contributed by atoms with Crippen molar-refractivity contribution in [2.45, 2.75) is 25.8 Å². The molecule has 4 nitrogen and oxygen atoms in total. The van der Waals surface area contributed by atoms with Crippen LogP contribution in [0.15, 0.2) is 18.2 Å². The number of halogens is 2. The summed E-state index contributed by atoms with van der Waals surface area (Å²) in [4.78, 5) is 23.9. The Balaban J connectivity index is 2.40. The van der Waals surface area contributed by atoms with E-state index in [1.165, 1.54) is 18.3 Å². The van der Waals surface area contributed by atoms with Crippen LogP contribution in [0.2, 0.25) is 10.0 Å². The van der Waals surface area contributed by atoms with Crippen LogP contribution >= 0.6 is 34.5 Å². The van der Waals surface area contributed by atoms with Crippen molar-refractivity contribution in [3.63, 3.8) is 0 Å². The lowest BCUT2D eigenvalue weighted by Gasteiger charge is -2.24. The highest BCUT2D eigenvalue weighted by Gasteiger charge is 2.34. The van der Waals surface area contributed by atoms with Gasteiger partial charge in [0.25, 0.3) is 5.91 Å². The molecule has 1 atom stereocenters. The minimum Gasteiger partial charge on any atom is -0.480 e. The molecular weight excluding hydrogens is 333 g/mol. The Morgan fingerprint density at radius 1 is 1.38 bits per heavy atom. The van der Waals surface area contributed by atoms with Crippen LogP contribution in [0.4, 0.5) is 0 Å². The molecule has 112 valence electrons. The van der Waals surface area contributed by atoms with Crippen LogP contribution in [0, 0.1) is 0 Å². The number of fused-ring (bicyclic) bond motifs is 1. The van der Waals surface area contributed by atoms with Crippen molar-refractivity contribution in [3.8, 4) is 0 Å². The van der Waals surface area contributed by atoms with Gasteiger partial charge in [0.1, 0.15) is 10.4 Å². The highest BCUT2D eigenvalue weighted by Crippen LogP contribution is 2.36.